The van der Waals surface area contributed by atoms with Gasteiger partial charge in [-0.2, -0.15) is 0 Å². The Bertz CT molecular complexity index is 650. The minimum atomic E-state index is -0.530. The lowest BCUT2D eigenvalue weighted by Crippen LogP contribution is -2.31. The summed E-state index contributed by atoms with van der Waals surface area (Å²) in [4.78, 5) is 0. The van der Waals surface area contributed by atoms with Crippen LogP contribution in [0.1, 0.15) is 94.2 Å². The minimum absolute atomic E-state index is 0.234. The Balaban J connectivity index is 1.52. The van der Waals surface area contributed by atoms with E-state index in [2.05, 4.69) is 13.8 Å². The van der Waals surface area contributed by atoms with Crippen LogP contribution in [0.5, 0.6) is 0 Å². The van der Waals surface area contributed by atoms with Crippen LogP contribution in [0.4, 0.5) is 8.78 Å². The number of aryl methyl sites for hydroxylation is 1. The molecular formula is C24H34F2. The van der Waals surface area contributed by atoms with Crippen LogP contribution in [-0.4, -0.2) is 0 Å². The number of hydrogen-bond acceptors (Lipinski definition) is 0. The second-order valence-corrected chi connectivity index (χ2v) is 9.58. The molecule has 2 heteroatoms. The first-order valence-corrected chi connectivity index (χ1v) is 11.1. The lowest BCUT2D eigenvalue weighted by Gasteiger charge is -2.42. The van der Waals surface area contributed by atoms with Gasteiger partial charge >= 0.3 is 0 Å². The molecule has 0 saturated heterocycles. The van der Waals surface area contributed by atoms with E-state index in [-0.39, 0.29) is 5.92 Å². The third-order valence-electron chi connectivity index (χ3n) is 7.75. The average molecular weight is 361 g/mol. The SMILES string of the molecule is CCCC1CCC2CC(c3cc4c(c(F)c3F)CC(C)CC4)CCC2C1. The normalized spacial score (nSPS) is 34.2. The van der Waals surface area contributed by atoms with Crippen LogP contribution in [0.25, 0.3) is 0 Å². The molecule has 3 aliphatic carbocycles. The van der Waals surface area contributed by atoms with E-state index in [0.29, 0.717) is 23.5 Å². The topological polar surface area (TPSA) is 0 Å². The smallest absolute Gasteiger partial charge is 0.162 e. The van der Waals surface area contributed by atoms with Crippen molar-refractivity contribution in [3.05, 3.63) is 34.4 Å². The Hall–Kier alpha value is -0.920. The molecule has 5 atom stereocenters. The zero-order valence-electron chi connectivity index (χ0n) is 16.5. The number of fused-ring (bicyclic) bond motifs is 2. The number of hydrogen-bond donors (Lipinski definition) is 0. The zero-order valence-corrected chi connectivity index (χ0v) is 16.5. The number of rotatable bonds is 3. The molecule has 0 spiro atoms. The Morgan fingerprint density at radius 1 is 0.962 bits per heavy atom. The summed E-state index contributed by atoms with van der Waals surface area (Å²) in [6, 6.07) is 2.05. The van der Waals surface area contributed by atoms with E-state index in [1.54, 1.807) is 0 Å². The molecule has 144 valence electrons. The highest BCUT2D eigenvalue weighted by Crippen LogP contribution is 2.49. The predicted octanol–water partition coefficient (Wildman–Crippen LogP) is 7.19. The van der Waals surface area contributed by atoms with Crippen molar-refractivity contribution in [3.63, 3.8) is 0 Å². The first kappa shape index (κ1) is 18.4. The molecule has 0 N–H and O–H groups in total. The monoisotopic (exact) mass is 360 g/mol. The van der Waals surface area contributed by atoms with Crippen LogP contribution in [0.15, 0.2) is 6.07 Å². The molecule has 0 nitrogen and oxygen atoms in total. The second-order valence-electron chi connectivity index (χ2n) is 9.58. The minimum Gasteiger partial charge on any atom is -0.203 e. The van der Waals surface area contributed by atoms with Gasteiger partial charge in [-0.1, -0.05) is 39.2 Å². The second kappa shape index (κ2) is 7.60. The van der Waals surface area contributed by atoms with Gasteiger partial charge < -0.3 is 0 Å². The van der Waals surface area contributed by atoms with E-state index < -0.39 is 11.6 Å². The first-order chi connectivity index (χ1) is 12.6. The highest BCUT2D eigenvalue weighted by Gasteiger charge is 2.37. The standard InChI is InChI=1S/C24H34F2/c1-3-4-16-6-8-18-13-19(10-9-17(18)12-16)22-14-20-7-5-15(2)11-21(20)23(25)24(22)26/h14-19H,3-13H2,1-2H3. The Kier molecular flexibility index (Phi) is 5.39. The predicted molar refractivity (Wildman–Crippen MR) is 103 cm³/mol. The van der Waals surface area contributed by atoms with Gasteiger partial charge in [0.2, 0.25) is 0 Å². The van der Waals surface area contributed by atoms with Gasteiger partial charge in [0, 0.05) is 0 Å². The molecule has 2 saturated carbocycles. The van der Waals surface area contributed by atoms with E-state index in [1.165, 1.54) is 38.5 Å². The van der Waals surface area contributed by atoms with Gasteiger partial charge in [0.05, 0.1) is 0 Å². The maximum Gasteiger partial charge on any atom is 0.162 e. The molecular weight excluding hydrogens is 326 g/mol. The summed E-state index contributed by atoms with van der Waals surface area (Å²) in [7, 11) is 0. The summed E-state index contributed by atoms with van der Waals surface area (Å²) in [6.45, 7) is 4.43. The number of halogens is 2. The molecule has 0 aromatic heterocycles. The van der Waals surface area contributed by atoms with E-state index in [4.69, 9.17) is 0 Å². The maximum atomic E-state index is 14.9. The summed E-state index contributed by atoms with van der Waals surface area (Å²) in [5, 5.41) is 0. The van der Waals surface area contributed by atoms with Crippen molar-refractivity contribution >= 4 is 0 Å². The quantitative estimate of drug-likeness (QED) is 0.535. The van der Waals surface area contributed by atoms with Crippen molar-refractivity contribution in [3.8, 4) is 0 Å². The van der Waals surface area contributed by atoms with Gasteiger partial charge in [0.25, 0.3) is 0 Å². The van der Waals surface area contributed by atoms with Crippen LogP contribution >= 0.6 is 0 Å². The van der Waals surface area contributed by atoms with Gasteiger partial charge in [-0.3, -0.25) is 0 Å². The van der Waals surface area contributed by atoms with Crippen molar-refractivity contribution in [1.82, 2.24) is 0 Å². The van der Waals surface area contributed by atoms with Gasteiger partial charge in [-0.25, -0.2) is 8.78 Å². The lowest BCUT2D eigenvalue weighted by atomic mass is 9.63. The molecule has 2 fully saturated rings. The van der Waals surface area contributed by atoms with Crippen molar-refractivity contribution in [2.24, 2.45) is 23.7 Å². The summed E-state index contributed by atoms with van der Waals surface area (Å²) in [5.74, 6) is 2.13. The Morgan fingerprint density at radius 3 is 2.54 bits per heavy atom. The van der Waals surface area contributed by atoms with Crippen LogP contribution in [0, 0.1) is 35.3 Å². The van der Waals surface area contributed by atoms with Gasteiger partial charge in [0.1, 0.15) is 0 Å². The molecule has 0 radical (unpaired) electrons. The maximum absolute atomic E-state index is 14.9. The third kappa shape index (κ3) is 3.45. The van der Waals surface area contributed by atoms with Crippen molar-refractivity contribution in [2.45, 2.75) is 90.4 Å². The molecule has 1 aromatic rings. The number of benzene rings is 1. The third-order valence-corrected chi connectivity index (χ3v) is 7.75. The highest BCUT2D eigenvalue weighted by molar-refractivity contribution is 5.38. The van der Waals surface area contributed by atoms with Gasteiger partial charge in [-0.05, 0) is 97.6 Å². The fourth-order valence-electron chi connectivity index (χ4n) is 6.27. The van der Waals surface area contributed by atoms with Crippen molar-refractivity contribution < 1.29 is 8.78 Å². The molecule has 0 heterocycles. The van der Waals surface area contributed by atoms with E-state index in [1.807, 2.05) is 6.07 Å². The Labute approximate surface area is 157 Å². The van der Waals surface area contributed by atoms with E-state index >= 15 is 0 Å². The molecule has 26 heavy (non-hydrogen) atoms. The van der Waals surface area contributed by atoms with Gasteiger partial charge in [0.15, 0.2) is 11.6 Å². The molecule has 1 aromatic carbocycles. The fourth-order valence-corrected chi connectivity index (χ4v) is 6.27. The van der Waals surface area contributed by atoms with E-state index in [0.717, 1.165) is 49.0 Å². The molecule has 0 aliphatic heterocycles. The zero-order chi connectivity index (χ0) is 18.3. The van der Waals surface area contributed by atoms with Crippen molar-refractivity contribution in [2.75, 3.05) is 0 Å². The molecule has 4 rings (SSSR count). The average Bonchev–Trinajstić information content (AvgIpc) is 2.65. The summed E-state index contributed by atoms with van der Waals surface area (Å²) in [6.07, 6.45) is 12.8. The summed E-state index contributed by atoms with van der Waals surface area (Å²) in [5.41, 5.74) is 2.45. The van der Waals surface area contributed by atoms with Crippen LogP contribution < -0.4 is 0 Å². The fraction of sp³-hybridized carbons (Fsp3) is 0.750. The highest BCUT2D eigenvalue weighted by atomic mass is 19.2. The lowest BCUT2D eigenvalue weighted by molar-refractivity contribution is 0.113. The molecule has 0 amide bonds. The van der Waals surface area contributed by atoms with E-state index in [9.17, 15) is 8.78 Å². The largest absolute Gasteiger partial charge is 0.203 e. The van der Waals surface area contributed by atoms with Crippen LogP contribution in [-0.2, 0) is 12.8 Å². The van der Waals surface area contributed by atoms with Crippen LogP contribution in [0.2, 0.25) is 0 Å². The van der Waals surface area contributed by atoms with Gasteiger partial charge in [-0.15, -0.1) is 0 Å². The molecule has 5 unspecified atom stereocenters. The molecule has 3 aliphatic rings. The Morgan fingerprint density at radius 2 is 1.73 bits per heavy atom. The first-order valence-electron chi connectivity index (χ1n) is 11.1. The summed E-state index contributed by atoms with van der Waals surface area (Å²) >= 11 is 0. The molecule has 0 bridgehead atoms. The summed E-state index contributed by atoms with van der Waals surface area (Å²) < 4.78 is 29.7. The van der Waals surface area contributed by atoms with Crippen LogP contribution in [0.3, 0.4) is 0 Å². The van der Waals surface area contributed by atoms with Crippen molar-refractivity contribution in [1.29, 1.82) is 0 Å².